The normalized spacial score (nSPS) is 12.7. The van der Waals surface area contributed by atoms with Gasteiger partial charge in [-0.05, 0) is 18.0 Å². The third kappa shape index (κ3) is 5.67. The van der Waals surface area contributed by atoms with Gasteiger partial charge in [-0.2, -0.15) is 0 Å². The molecule has 5 heteroatoms. The van der Waals surface area contributed by atoms with Crippen LogP contribution in [0.15, 0.2) is 0 Å². The van der Waals surface area contributed by atoms with Gasteiger partial charge in [-0.15, -0.1) is 0 Å². The minimum atomic E-state index is -0.792. The molecule has 4 nitrogen and oxygen atoms in total. The lowest BCUT2D eigenvalue weighted by Crippen LogP contribution is -2.29. The summed E-state index contributed by atoms with van der Waals surface area (Å²) >= 11 is 0.954. The van der Waals surface area contributed by atoms with Crippen molar-refractivity contribution < 1.29 is 19.1 Å². The molecule has 15 heavy (non-hydrogen) atoms. The summed E-state index contributed by atoms with van der Waals surface area (Å²) in [7, 11) is 0. The first-order valence-electron chi connectivity index (χ1n) is 4.83. The lowest BCUT2D eigenvalue weighted by Gasteiger charge is -2.21. The number of esters is 1. The topological polar surface area (TPSA) is 52.6 Å². The molecule has 0 rings (SSSR count). The smallest absolute Gasteiger partial charge is 0.370 e. The molecular formula is C10H18O4S. The van der Waals surface area contributed by atoms with Crippen LogP contribution in [0.1, 0.15) is 27.7 Å². The largest absolute Gasteiger partial charge is 0.425 e. The van der Waals surface area contributed by atoms with Crippen LogP contribution in [0.25, 0.3) is 0 Å². The maximum Gasteiger partial charge on any atom is 0.370 e. The Labute approximate surface area is 94.7 Å². The monoisotopic (exact) mass is 234 g/mol. The third-order valence-corrected chi connectivity index (χ3v) is 2.06. The highest BCUT2D eigenvalue weighted by Gasteiger charge is 2.23. The van der Waals surface area contributed by atoms with Gasteiger partial charge in [0.15, 0.2) is 0 Å². The summed E-state index contributed by atoms with van der Waals surface area (Å²) in [6.45, 7) is 7.12. The van der Waals surface area contributed by atoms with Crippen LogP contribution in [0.3, 0.4) is 0 Å². The molecule has 88 valence electrons. The first kappa shape index (κ1) is 14.3. The van der Waals surface area contributed by atoms with Crippen molar-refractivity contribution in [2.45, 2.75) is 34.0 Å². The highest BCUT2D eigenvalue weighted by atomic mass is 32.2. The van der Waals surface area contributed by atoms with E-state index in [2.05, 4.69) is 0 Å². The molecule has 1 atom stereocenters. The number of ether oxygens (including phenoxy) is 2. The summed E-state index contributed by atoms with van der Waals surface area (Å²) in [5, 5.41) is -0.440. The molecule has 0 heterocycles. The van der Waals surface area contributed by atoms with Crippen molar-refractivity contribution in [3.8, 4) is 0 Å². The molecule has 0 aromatic rings. The minimum Gasteiger partial charge on any atom is -0.425 e. The van der Waals surface area contributed by atoms with Crippen molar-refractivity contribution in [1.82, 2.24) is 0 Å². The Morgan fingerprint density at radius 3 is 1.93 bits per heavy atom. The van der Waals surface area contributed by atoms with Gasteiger partial charge in [0.1, 0.15) is 0 Å². The zero-order valence-electron chi connectivity index (χ0n) is 9.77. The van der Waals surface area contributed by atoms with Crippen LogP contribution >= 0.6 is 11.8 Å². The SMILES string of the molecule is CSC(=O)OC(OC(=O)C(C)C)C(C)C. The molecule has 0 saturated heterocycles. The second-order valence-corrected chi connectivity index (χ2v) is 4.52. The summed E-state index contributed by atoms with van der Waals surface area (Å²) < 4.78 is 10.0. The quantitative estimate of drug-likeness (QED) is 0.553. The standard InChI is InChI=1S/C10H18O4S/c1-6(2)8(11)13-9(7(3)4)14-10(12)15-5/h6-7,9H,1-5H3. The number of carbonyl (C=O) groups is 2. The molecule has 0 N–H and O–H groups in total. The molecule has 0 aliphatic heterocycles. The van der Waals surface area contributed by atoms with E-state index in [0.29, 0.717) is 0 Å². The van der Waals surface area contributed by atoms with Crippen LogP contribution in [-0.4, -0.2) is 23.8 Å². The van der Waals surface area contributed by atoms with Gasteiger partial charge in [-0.25, -0.2) is 4.79 Å². The zero-order valence-corrected chi connectivity index (χ0v) is 10.6. The fourth-order valence-corrected chi connectivity index (χ4v) is 0.881. The Morgan fingerprint density at radius 1 is 1.07 bits per heavy atom. The van der Waals surface area contributed by atoms with Gasteiger partial charge >= 0.3 is 11.3 Å². The molecule has 0 aliphatic rings. The first-order chi connectivity index (χ1) is 6.88. The Balaban J connectivity index is 4.28. The predicted molar refractivity (Wildman–Crippen MR) is 59.6 cm³/mol. The summed E-state index contributed by atoms with van der Waals surface area (Å²) in [5.74, 6) is -0.634. The summed E-state index contributed by atoms with van der Waals surface area (Å²) in [5.41, 5.74) is 0. The molecule has 0 aromatic carbocycles. The van der Waals surface area contributed by atoms with E-state index in [1.807, 2.05) is 13.8 Å². The second-order valence-electron chi connectivity index (χ2n) is 3.78. The number of hydrogen-bond donors (Lipinski definition) is 0. The molecular weight excluding hydrogens is 216 g/mol. The van der Waals surface area contributed by atoms with Crippen LogP contribution < -0.4 is 0 Å². The fourth-order valence-electron chi connectivity index (χ4n) is 0.690. The number of rotatable bonds is 4. The van der Waals surface area contributed by atoms with E-state index >= 15 is 0 Å². The summed E-state index contributed by atoms with van der Waals surface area (Å²) in [6, 6.07) is 0. The molecule has 0 bridgehead atoms. The van der Waals surface area contributed by atoms with Crippen molar-refractivity contribution in [3.05, 3.63) is 0 Å². The maximum atomic E-state index is 11.3. The highest BCUT2D eigenvalue weighted by Crippen LogP contribution is 2.14. The van der Waals surface area contributed by atoms with Gasteiger partial charge in [0.2, 0.25) is 0 Å². The van der Waals surface area contributed by atoms with E-state index in [0.717, 1.165) is 11.8 Å². The molecule has 0 radical (unpaired) electrons. The van der Waals surface area contributed by atoms with E-state index in [4.69, 9.17) is 9.47 Å². The van der Waals surface area contributed by atoms with Crippen molar-refractivity contribution in [1.29, 1.82) is 0 Å². The van der Waals surface area contributed by atoms with Gasteiger partial charge in [0.25, 0.3) is 6.29 Å². The van der Waals surface area contributed by atoms with Crippen molar-refractivity contribution in [2.24, 2.45) is 11.8 Å². The van der Waals surface area contributed by atoms with Crippen molar-refractivity contribution >= 4 is 23.0 Å². The van der Waals surface area contributed by atoms with Crippen LogP contribution in [0.5, 0.6) is 0 Å². The van der Waals surface area contributed by atoms with Gasteiger partial charge in [-0.3, -0.25) is 4.79 Å². The van der Waals surface area contributed by atoms with Crippen LogP contribution in [0, 0.1) is 11.8 Å². The van der Waals surface area contributed by atoms with E-state index < -0.39 is 11.6 Å². The molecule has 0 saturated carbocycles. The Hall–Kier alpha value is -0.710. The molecule has 0 amide bonds. The van der Waals surface area contributed by atoms with Gasteiger partial charge in [0.05, 0.1) is 5.92 Å². The van der Waals surface area contributed by atoms with Crippen LogP contribution in [-0.2, 0) is 14.3 Å². The second kappa shape index (κ2) is 6.71. The fraction of sp³-hybridized carbons (Fsp3) is 0.800. The van der Waals surface area contributed by atoms with E-state index in [1.165, 1.54) is 0 Å². The first-order valence-corrected chi connectivity index (χ1v) is 6.06. The van der Waals surface area contributed by atoms with Gasteiger partial charge in [0, 0.05) is 5.92 Å². The molecule has 0 aromatic heterocycles. The summed E-state index contributed by atoms with van der Waals surface area (Å²) in [4.78, 5) is 22.3. The maximum absolute atomic E-state index is 11.3. The van der Waals surface area contributed by atoms with Crippen LogP contribution in [0.2, 0.25) is 0 Å². The Bertz CT molecular complexity index is 225. The molecule has 0 aliphatic carbocycles. The highest BCUT2D eigenvalue weighted by molar-refractivity contribution is 8.12. The van der Waals surface area contributed by atoms with Crippen molar-refractivity contribution in [3.63, 3.8) is 0 Å². The van der Waals surface area contributed by atoms with Gasteiger partial charge < -0.3 is 9.47 Å². The van der Waals surface area contributed by atoms with Crippen molar-refractivity contribution in [2.75, 3.05) is 6.26 Å². The minimum absolute atomic E-state index is 0.0520. The Kier molecular flexibility index (Phi) is 6.40. The van der Waals surface area contributed by atoms with Crippen LogP contribution in [0.4, 0.5) is 4.79 Å². The molecule has 1 unspecified atom stereocenters. The van der Waals surface area contributed by atoms with E-state index in [1.54, 1.807) is 20.1 Å². The van der Waals surface area contributed by atoms with Gasteiger partial charge in [-0.1, -0.05) is 27.7 Å². The zero-order chi connectivity index (χ0) is 12.0. The van der Waals surface area contributed by atoms with E-state index in [-0.39, 0.29) is 17.8 Å². The lowest BCUT2D eigenvalue weighted by molar-refractivity contribution is -0.177. The Morgan fingerprint density at radius 2 is 1.60 bits per heavy atom. The average molecular weight is 234 g/mol. The third-order valence-electron chi connectivity index (χ3n) is 1.63. The van der Waals surface area contributed by atoms with E-state index in [9.17, 15) is 9.59 Å². The molecule has 0 spiro atoms. The lowest BCUT2D eigenvalue weighted by atomic mass is 10.2. The molecule has 0 fully saturated rings. The number of thioether (sulfide) groups is 1. The summed E-state index contributed by atoms with van der Waals surface area (Å²) in [6.07, 6.45) is 0.823. The predicted octanol–water partition coefficient (Wildman–Crippen LogP) is 2.67. The average Bonchev–Trinajstić information content (AvgIpc) is 2.15. The number of carbonyl (C=O) groups excluding carboxylic acids is 2. The number of hydrogen-bond acceptors (Lipinski definition) is 5.